The molecule has 1 aliphatic rings. The third-order valence-corrected chi connectivity index (χ3v) is 9.23. The van der Waals surface area contributed by atoms with Crippen LogP contribution in [-0.2, 0) is 25.2 Å². The third kappa shape index (κ3) is 15.2. The average Bonchev–Trinajstić information content (AvgIpc) is 3.05. The lowest BCUT2D eigenvalue weighted by atomic mass is 9.80. The summed E-state index contributed by atoms with van der Waals surface area (Å²) >= 11 is 0. The first-order valence-corrected chi connectivity index (χ1v) is 18.8. The van der Waals surface area contributed by atoms with E-state index in [1.165, 1.54) is 102 Å². The van der Waals surface area contributed by atoms with Gasteiger partial charge in [-0.05, 0) is 44.4 Å². The van der Waals surface area contributed by atoms with Crippen LogP contribution in [-0.4, -0.2) is 25.2 Å². The zero-order chi connectivity index (χ0) is 35.2. The molecule has 1 aliphatic heterocycles. The minimum atomic E-state index is -4.50. The van der Waals surface area contributed by atoms with Crippen molar-refractivity contribution < 1.29 is 32.2 Å². The van der Waals surface area contributed by atoms with Gasteiger partial charge in [0.15, 0.2) is 0 Å². The average molecular weight is 678 g/mol. The Balaban J connectivity index is 2.01. The Labute approximate surface area is 288 Å². The summed E-state index contributed by atoms with van der Waals surface area (Å²) in [5.41, 5.74) is 1.07. The second kappa shape index (κ2) is 23.6. The van der Waals surface area contributed by atoms with Gasteiger partial charge in [0.25, 0.3) is 0 Å². The van der Waals surface area contributed by atoms with Crippen LogP contribution in [0.25, 0.3) is 0 Å². The van der Waals surface area contributed by atoms with E-state index >= 15 is 0 Å². The molecule has 0 fully saturated rings. The molecule has 1 aromatic rings. The fourth-order valence-corrected chi connectivity index (χ4v) is 6.40. The number of nitrogens with one attached hydrogen (secondary N) is 1. The highest BCUT2D eigenvalue weighted by molar-refractivity contribution is 5.99. The molecule has 0 spiro atoms. The number of ether oxygens (including phenoxy) is 2. The number of carbonyl (C=O) groups excluding carboxylic acids is 2. The number of hydrogen-bond donors (Lipinski definition) is 1. The molecule has 1 N–H and O–H groups in total. The maximum absolute atomic E-state index is 13.5. The van der Waals surface area contributed by atoms with Crippen molar-refractivity contribution in [1.29, 1.82) is 0 Å². The molecule has 0 aromatic heterocycles. The molecule has 0 saturated carbocycles. The van der Waals surface area contributed by atoms with E-state index in [-0.39, 0.29) is 24.4 Å². The van der Waals surface area contributed by atoms with Gasteiger partial charge in [0.1, 0.15) is 0 Å². The molecule has 0 radical (unpaired) electrons. The van der Waals surface area contributed by atoms with E-state index in [1.807, 2.05) is 0 Å². The number of allylic oxidation sites excluding steroid dienone is 2. The van der Waals surface area contributed by atoms with E-state index in [4.69, 9.17) is 9.47 Å². The minimum absolute atomic E-state index is 0.221. The smallest absolute Gasteiger partial charge is 0.416 e. The fourth-order valence-electron chi connectivity index (χ4n) is 6.40. The first kappa shape index (κ1) is 41.4. The van der Waals surface area contributed by atoms with Crippen LogP contribution in [0.5, 0.6) is 0 Å². The zero-order valence-electron chi connectivity index (χ0n) is 30.2. The third-order valence-electron chi connectivity index (χ3n) is 9.23. The number of alkyl halides is 3. The number of halogens is 3. The highest BCUT2D eigenvalue weighted by Gasteiger charge is 2.39. The Morgan fingerprint density at radius 2 is 0.917 bits per heavy atom. The summed E-state index contributed by atoms with van der Waals surface area (Å²) in [6.45, 7) is 8.37. The molecular weight excluding hydrogens is 615 g/mol. The number of hydrogen-bond acceptors (Lipinski definition) is 5. The van der Waals surface area contributed by atoms with E-state index in [0.717, 1.165) is 50.7 Å². The normalized spacial score (nSPS) is 14.0. The Morgan fingerprint density at radius 1 is 0.583 bits per heavy atom. The Kier molecular flexibility index (Phi) is 20.3. The first-order valence-electron chi connectivity index (χ1n) is 18.8. The van der Waals surface area contributed by atoms with Gasteiger partial charge in [0.05, 0.1) is 35.8 Å². The van der Waals surface area contributed by atoms with Gasteiger partial charge in [-0.3, -0.25) is 0 Å². The van der Waals surface area contributed by atoms with E-state index in [0.29, 0.717) is 17.0 Å². The first-order chi connectivity index (χ1) is 23.1. The molecule has 48 heavy (non-hydrogen) atoms. The summed E-state index contributed by atoms with van der Waals surface area (Å²) in [5, 5.41) is 3.14. The Bertz CT molecular complexity index is 1080. The van der Waals surface area contributed by atoms with Gasteiger partial charge < -0.3 is 14.8 Å². The molecule has 5 nitrogen and oxygen atoms in total. The van der Waals surface area contributed by atoms with Crippen molar-refractivity contribution in [3.8, 4) is 0 Å². The van der Waals surface area contributed by atoms with Crippen LogP contribution in [0.15, 0.2) is 46.8 Å². The van der Waals surface area contributed by atoms with Crippen molar-refractivity contribution in [1.82, 2.24) is 5.32 Å². The van der Waals surface area contributed by atoms with E-state index in [9.17, 15) is 22.8 Å². The molecule has 0 aliphatic carbocycles. The van der Waals surface area contributed by atoms with Gasteiger partial charge in [0.2, 0.25) is 0 Å². The highest BCUT2D eigenvalue weighted by Crippen LogP contribution is 2.40. The summed E-state index contributed by atoms with van der Waals surface area (Å²) < 4.78 is 51.6. The summed E-state index contributed by atoms with van der Waals surface area (Å²) in [7, 11) is 0. The van der Waals surface area contributed by atoms with Gasteiger partial charge in [-0.2, -0.15) is 13.2 Å². The van der Waals surface area contributed by atoms with Crippen LogP contribution in [0.3, 0.4) is 0 Å². The van der Waals surface area contributed by atoms with Crippen LogP contribution in [0.4, 0.5) is 13.2 Å². The summed E-state index contributed by atoms with van der Waals surface area (Å²) in [4.78, 5) is 27.1. The number of dihydropyridines is 1. The number of rotatable bonds is 25. The van der Waals surface area contributed by atoms with Crippen LogP contribution in [0.2, 0.25) is 0 Å². The van der Waals surface area contributed by atoms with Gasteiger partial charge in [-0.15, -0.1) is 0 Å². The fraction of sp³-hybridized carbons (Fsp3) is 0.700. The predicted molar refractivity (Wildman–Crippen MR) is 188 cm³/mol. The SMILES string of the molecule is CCCCCCCCCCCCOC(=O)C1=C(C)NC(C)=C(C(=O)OCCCCCCCCCCCC)C1c1ccc(C(F)(F)F)cc1. The van der Waals surface area contributed by atoms with Crippen molar-refractivity contribution in [3.05, 3.63) is 57.9 Å². The number of carbonyl (C=O) groups is 2. The monoisotopic (exact) mass is 677 g/mol. The zero-order valence-corrected chi connectivity index (χ0v) is 30.2. The van der Waals surface area contributed by atoms with Crippen molar-refractivity contribution >= 4 is 11.9 Å². The lowest BCUT2D eigenvalue weighted by molar-refractivity contribution is -0.140. The highest BCUT2D eigenvalue weighted by atomic mass is 19.4. The molecular formula is C40H62F3NO4. The predicted octanol–water partition coefficient (Wildman–Crippen LogP) is 11.9. The molecule has 8 heteroatoms. The molecule has 2 rings (SSSR count). The van der Waals surface area contributed by atoms with Gasteiger partial charge in [-0.1, -0.05) is 142 Å². The molecule has 0 amide bonds. The summed E-state index contributed by atoms with van der Waals surface area (Å²) in [6.07, 6.45) is 18.6. The molecule has 0 unspecified atom stereocenters. The largest absolute Gasteiger partial charge is 0.462 e. The van der Waals surface area contributed by atoms with Crippen LogP contribution < -0.4 is 5.32 Å². The van der Waals surface area contributed by atoms with Crippen molar-refractivity contribution in [3.63, 3.8) is 0 Å². The molecule has 272 valence electrons. The molecule has 0 bridgehead atoms. The second-order valence-electron chi connectivity index (χ2n) is 13.4. The minimum Gasteiger partial charge on any atom is -0.462 e. The van der Waals surface area contributed by atoms with E-state index in [2.05, 4.69) is 19.2 Å². The maximum atomic E-state index is 13.5. The Hall–Kier alpha value is -2.77. The lowest BCUT2D eigenvalue weighted by Crippen LogP contribution is -2.32. The topological polar surface area (TPSA) is 64.6 Å². The van der Waals surface area contributed by atoms with E-state index < -0.39 is 29.6 Å². The lowest BCUT2D eigenvalue weighted by Gasteiger charge is -2.30. The number of benzene rings is 1. The Morgan fingerprint density at radius 3 is 1.25 bits per heavy atom. The van der Waals surface area contributed by atoms with Gasteiger partial charge >= 0.3 is 18.1 Å². The number of esters is 2. The van der Waals surface area contributed by atoms with E-state index in [1.54, 1.807) is 13.8 Å². The quantitative estimate of drug-likeness (QED) is 0.0824. The number of unbranched alkanes of at least 4 members (excludes halogenated alkanes) is 18. The van der Waals surface area contributed by atoms with Gasteiger partial charge in [0, 0.05) is 11.4 Å². The second-order valence-corrected chi connectivity index (χ2v) is 13.4. The molecule has 1 aromatic carbocycles. The summed E-state index contributed by atoms with van der Waals surface area (Å²) in [6, 6.07) is 4.65. The van der Waals surface area contributed by atoms with Crippen LogP contribution in [0.1, 0.15) is 173 Å². The van der Waals surface area contributed by atoms with Crippen molar-refractivity contribution in [2.24, 2.45) is 0 Å². The van der Waals surface area contributed by atoms with Crippen LogP contribution >= 0.6 is 0 Å². The van der Waals surface area contributed by atoms with Crippen molar-refractivity contribution in [2.45, 2.75) is 168 Å². The molecule has 0 atom stereocenters. The summed E-state index contributed by atoms with van der Waals surface area (Å²) in [5.74, 6) is -2.06. The van der Waals surface area contributed by atoms with Gasteiger partial charge in [-0.25, -0.2) is 9.59 Å². The maximum Gasteiger partial charge on any atom is 0.416 e. The molecule has 1 heterocycles. The van der Waals surface area contributed by atoms with Crippen LogP contribution in [0, 0.1) is 0 Å². The standard InChI is InChI=1S/C40H62F3NO4/c1-5-7-9-11-13-15-17-19-21-23-29-47-38(45)35-31(3)44-32(4)36(37(35)33-25-27-34(28-26-33)40(41,42)43)39(46)48-30-24-22-20-18-16-14-12-10-8-6-2/h25-28,37,44H,5-24,29-30H2,1-4H3. The molecule has 0 saturated heterocycles. The van der Waals surface area contributed by atoms with Crippen molar-refractivity contribution in [2.75, 3.05) is 13.2 Å².